The summed E-state index contributed by atoms with van der Waals surface area (Å²) in [6.07, 6.45) is 4.05. The molecule has 4 nitrogen and oxygen atoms in total. The highest BCUT2D eigenvalue weighted by Crippen LogP contribution is 2.29. The Hall–Kier alpha value is -1.46. The fourth-order valence-corrected chi connectivity index (χ4v) is 4.01. The summed E-state index contributed by atoms with van der Waals surface area (Å²) in [5, 5.41) is 4.98. The van der Waals surface area contributed by atoms with Crippen LogP contribution in [0, 0.1) is 5.92 Å². The average molecular weight is 318 g/mol. The van der Waals surface area contributed by atoms with Gasteiger partial charge in [0.15, 0.2) is 0 Å². The Morgan fingerprint density at radius 3 is 2.82 bits per heavy atom. The second kappa shape index (κ2) is 7.20. The summed E-state index contributed by atoms with van der Waals surface area (Å²) >= 11 is 1.50. The molecule has 1 amide bonds. The van der Waals surface area contributed by atoms with E-state index < -0.39 is 0 Å². The molecule has 0 aliphatic carbocycles. The molecule has 118 valence electrons. The van der Waals surface area contributed by atoms with Crippen LogP contribution in [0.3, 0.4) is 0 Å². The highest BCUT2D eigenvalue weighted by Gasteiger charge is 2.34. The molecule has 2 bridgehead atoms. The fourth-order valence-electron chi connectivity index (χ4n) is 3.24. The molecule has 0 radical (unpaired) electrons. The number of nitrogens with zero attached hydrogens (tertiary/aromatic N) is 1. The number of ether oxygens (including phenoxy) is 1. The lowest BCUT2D eigenvalue weighted by molar-refractivity contribution is -0.118. The van der Waals surface area contributed by atoms with Crippen LogP contribution >= 0.6 is 11.8 Å². The predicted octanol–water partition coefficient (Wildman–Crippen LogP) is 2.51. The molecule has 1 atom stereocenters. The quantitative estimate of drug-likeness (QED) is 0.669. The molecule has 3 heterocycles. The zero-order valence-electron chi connectivity index (χ0n) is 12.8. The summed E-state index contributed by atoms with van der Waals surface area (Å²) < 4.78 is 5.30. The van der Waals surface area contributed by atoms with Gasteiger partial charge in [0.25, 0.3) is 0 Å². The lowest BCUT2D eigenvalue weighted by Gasteiger charge is -2.44. The van der Waals surface area contributed by atoms with Gasteiger partial charge in [-0.2, -0.15) is 0 Å². The maximum absolute atomic E-state index is 12.1. The summed E-state index contributed by atoms with van der Waals surface area (Å²) in [4.78, 5) is 15.5. The van der Waals surface area contributed by atoms with Crippen molar-refractivity contribution in [3.63, 3.8) is 0 Å². The van der Waals surface area contributed by atoms with Crippen molar-refractivity contribution in [1.29, 1.82) is 0 Å². The maximum Gasteiger partial charge on any atom is 0.244 e. The fraction of sp³-hybridized carbons (Fsp3) is 0.471. The number of hydrogen-bond acceptors (Lipinski definition) is 4. The molecular formula is C17H22N2O2S. The first-order valence-electron chi connectivity index (χ1n) is 7.75. The Morgan fingerprint density at radius 1 is 1.36 bits per heavy atom. The van der Waals surface area contributed by atoms with E-state index in [1.807, 2.05) is 29.7 Å². The van der Waals surface area contributed by atoms with E-state index in [1.54, 1.807) is 13.2 Å². The second-order valence-electron chi connectivity index (χ2n) is 5.82. The van der Waals surface area contributed by atoms with Gasteiger partial charge in [0.05, 0.1) is 12.0 Å². The van der Waals surface area contributed by atoms with Crippen LogP contribution in [0.15, 0.2) is 40.6 Å². The van der Waals surface area contributed by atoms with Crippen molar-refractivity contribution in [3.8, 4) is 5.75 Å². The first kappa shape index (κ1) is 15.4. The molecule has 4 rings (SSSR count). The number of nitrogens with one attached hydrogen (secondary N) is 1. The summed E-state index contributed by atoms with van der Waals surface area (Å²) in [6.45, 7) is 3.39. The number of methoxy groups -OCH3 is 1. The Bertz CT molecular complexity index is 553. The number of benzene rings is 1. The van der Waals surface area contributed by atoms with Crippen molar-refractivity contribution in [2.24, 2.45) is 5.92 Å². The van der Waals surface area contributed by atoms with Gasteiger partial charge in [-0.05, 0) is 49.4 Å². The third-order valence-corrected chi connectivity index (χ3v) is 5.33. The van der Waals surface area contributed by atoms with E-state index in [1.165, 1.54) is 37.7 Å². The number of carbonyl (C=O) groups excluding carboxylic acids is 1. The predicted molar refractivity (Wildman–Crippen MR) is 89.1 cm³/mol. The summed E-state index contributed by atoms with van der Waals surface area (Å²) in [5.41, 5.74) is 0. The van der Waals surface area contributed by atoms with Gasteiger partial charge < -0.3 is 15.0 Å². The van der Waals surface area contributed by atoms with Crippen molar-refractivity contribution in [2.75, 3.05) is 26.7 Å². The molecule has 1 aromatic carbocycles. The van der Waals surface area contributed by atoms with E-state index >= 15 is 0 Å². The minimum Gasteiger partial charge on any atom is -0.496 e. The maximum atomic E-state index is 12.1. The third-order valence-electron chi connectivity index (χ3n) is 4.47. The SMILES string of the molecule is COc1ccccc1S/C=C/C(=O)NC1CN2CCC1CC2. The minimum atomic E-state index is 0.00106. The Kier molecular flexibility index (Phi) is 5.05. The van der Waals surface area contributed by atoms with E-state index in [4.69, 9.17) is 4.74 Å². The molecule has 1 unspecified atom stereocenters. The normalized spacial score (nSPS) is 27.0. The van der Waals surface area contributed by atoms with Crippen LogP contribution in [0.25, 0.3) is 0 Å². The number of para-hydroxylation sites is 1. The number of hydrogen-bond donors (Lipinski definition) is 1. The van der Waals surface area contributed by atoms with Crippen LogP contribution in [-0.4, -0.2) is 43.6 Å². The third kappa shape index (κ3) is 3.65. The van der Waals surface area contributed by atoms with Crippen LogP contribution < -0.4 is 10.1 Å². The number of fused-ring (bicyclic) bond motifs is 3. The molecular weight excluding hydrogens is 296 g/mol. The number of piperidine rings is 3. The largest absolute Gasteiger partial charge is 0.496 e. The zero-order valence-corrected chi connectivity index (χ0v) is 13.6. The van der Waals surface area contributed by atoms with Crippen molar-refractivity contribution >= 4 is 17.7 Å². The lowest BCUT2D eigenvalue weighted by Crippen LogP contribution is -2.57. The topological polar surface area (TPSA) is 41.6 Å². The van der Waals surface area contributed by atoms with Crippen molar-refractivity contribution < 1.29 is 9.53 Å². The smallest absolute Gasteiger partial charge is 0.244 e. The molecule has 1 aromatic rings. The molecule has 3 aliphatic rings. The van der Waals surface area contributed by atoms with Crippen LogP contribution in [0.2, 0.25) is 0 Å². The van der Waals surface area contributed by atoms with E-state index in [0.29, 0.717) is 12.0 Å². The van der Waals surface area contributed by atoms with E-state index in [0.717, 1.165) is 17.2 Å². The van der Waals surface area contributed by atoms with Gasteiger partial charge >= 0.3 is 0 Å². The van der Waals surface area contributed by atoms with Crippen LogP contribution in [0.4, 0.5) is 0 Å². The minimum absolute atomic E-state index is 0.00106. The summed E-state index contributed by atoms with van der Waals surface area (Å²) in [5.74, 6) is 1.49. The highest BCUT2D eigenvalue weighted by molar-refractivity contribution is 8.02. The average Bonchev–Trinajstić information content (AvgIpc) is 2.56. The first-order valence-corrected chi connectivity index (χ1v) is 8.63. The summed E-state index contributed by atoms with van der Waals surface area (Å²) in [6, 6.07) is 8.12. The monoisotopic (exact) mass is 318 g/mol. The molecule has 0 aromatic heterocycles. The molecule has 3 saturated heterocycles. The Labute approximate surface area is 135 Å². The molecule has 1 N–H and O–H groups in total. The lowest BCUT2D eigenvalue weighted by atomic mass is 9.84. The number of amides is 1. The number of carbonyl (C=O) groups is 1. The highest BCUT2D eigenvalue weighted by atomic mass is 32.2. The zero-order chi connectivity index (χ0) is 15.4. The van der Waals surface area contributed by atoms with Crippen LogP contribution in [0.1, 0.15) is 12.8 Å². The molecule has 22 heavy (non-hydrogen) atoms. The van der Waals surface area contributed by atoms with Gasteiger partial charge in [-0.15, -0.1) is 0 Å². The molecule has 0 spiro atoms. The van der Waals surface area contributed by atoms with E-state index in [2.05, 4.69) is 10.2 Å². The molecule has 3 fully saturated rings. The second-order valence-corrected chi connectivity index (χ2v) is 6.77. The standard InChI is InChI=1S/C17H22N2O2S/c1-21-15-4-2-3-5-16(15)22-11-8-17(20)18-14-12-19-9-6-13(14)7-10-19/h2-5,8,11,13-14H,6-7,9-10,12H2,1H3,(H,18,20)/b11-8+. The van der Waals surface area contributed by atoms with Crippen molar-refractivity contribution in [3.05, 3.63) is 35.7 Å². The van der Waals surface area contributed by atoms with Gasteiger partial charge in [0.1, 0.15) is 5.75 Å². The summed E-state index contributed by atoms with van der Waals surface area (Å²) in [7, 11) is 1.66. The van der Waals surface area contributed by atoms with Crippen LogP contribution in [0.5, 0.6) is 5.75 Å². The van der Waals surface area contributed by atoms with Crippen LogP contribution in [-0.2, 0) is 4.79 Å². The van der Waals surface area contributed by atoms with E-state index in [-0.39, 0.29) is 5.91 Å². The van der Waals surface area contributed by atoms with Gasteiger partial charge in [-0.25, -0.2) is 0 Å². The number of rotatable bonds is 5. The molecule has 0 saturated carbocycles. The molecule has 5 heteroatoms. The van der Waals surface area contributed by atoms with Crippen molar-refractivity contribution in [1.82, 2.24) is 10.2 Å². The Morgan fingerprint density at radius 2 is 2.14 bits per heavy atom. The Balaban J connectivity index is 1.51. The van der Waals surface area contributed by atoms with Crippen molar-refractivity contribution in [2.45, 2.75) is 23.8 Å². The number of thioether (sulfide) groups is 1. The van der Waals surface area contributed by atoms with E-state index in [9.17, 15) is 4.79 Å². The van der Waals surface area contributed by atoms with Gasteiger partial charge in [-0.3, -0.25) is 4.79 Å². The molecule has 3 aliphatic heterocycles. The van der Waals surface area contributed by atoms with Gasteiger partial charge in [0, 0.05) is 18.7 Å². The first-order chi connectivity index (χ1) is 10.8. The van der Waals surface area contributed by atoms with Gasteiger partial charge in [0.2, 0.25) is 5.91 Å². The van der Waals surface area contributed by atoms with Gasteiger partial charge in [-0.1, -0.05) is 23.9 Å².